The highest BCUT2D eigenvalue weighted by Crippen LogP contribution is 2.28. The zero-order chi connectivity index (χ0) is 18.5. The maximum absolute atomic E-state index is 12.3. The topological polar surface area (TPSA) is 74.0 Å². The van der Waals surface area contributed by atoms with E-state index in [2.05, 4.69) is 47.3 Å². The summed E-state index contributed by atoms with van der Waals surface area (Å²) in [6.07, 6.45) is 3.38. The van der Waals surface area contributed by atoms with E-state index in [1.807, 2.05) is 4.90 Å². The largest absolute Gasteiger partial charge is 0.370 e. The Morgan fingerprint density at radius 2 is 1.78 bits per heavy atom. The average molecular weight is 485 g/mol. The number of amides is 1. The Hall–Kier alpha value is -1.35. The predicted molar refractivity (Wildman–Crippen MR) is 122 cm³/mol. The first kappa shape index (κ1) is 21.9. The number of anilines is 1. The van der Waals surface area contributed by atoms with Gasteiger partial charge in [0.1, 0.15) is 0 Å². The fourth-order valence-corrected chi connectivity index (χ4v) is 3.65. The Bertz CT molecular complexity index is 646. The third-order valence-electron chi connectivity index (χ3n) is 5.33. The Morgan fingerprint density at radius 3 is 2.33 bits per heavy atom. The van der Waals surface area contributed by atoms with Crippen molar-refractivity contribution in [2.45, 2.75) is 33.1 Å². The number of benzene rings is 1. The summed E-state index contributed by atoms with van der Waals surface area (Å²) in [7, 11) is 0. The van der Waals surface area contributed by atoms with Crippen molar-refractivity contribution in [1.82, 2.24) is 9.80 Å². The number of piperazine rings is 1. The summed E-state index contributed by atoms with van der Waals surface area (Å²) < 4.78 is 0. The van der Waals surface area contributed by atoms with Gasteiger partial charge in [0.2, 0.25) is 5.91 Å². The van der Waals surface area contributed by atoms with Gasteiger partial charge < -0.3 is 16.0 Å². The van der Waals surface area contributed by atoms with Crippen LogP contribution in [0.3, 0.4) is 0 Å². The molecule has 1 aromatic carbocycles. The summed E-state index contributed by atoms with van der Waals surface area (Å²) in [5, 5.41) is 3.16. The standard InChI is InChI=1S/C20H31N5O.HI/c1-15-12-16(2)14-18(13-15)23-20(21)22-6-7-24-8-10-25(11-9-24)19(26)17-4-3-5-17;/h12-14,17H,3-11H2,1-2H3,(H3,21,22,23);1H. The molecule has 1 aromatic rings. The number of aryl methyl sites for hydroxylation is 2. The van der Waals surface area contributed by atoms with Crippen molar-refractivity contribution in [2.75, 3.05) is 44.6 Å². The molecule has 0 aromatic heterocycles. The molecule has 1 amide bonds. The van der Waals surface area contributed by atoms with Crippen LogP contribution < -0.4 is 11.1 Å². The highest BCUT2D eigenvalue weighted by atomic mass is 127. The molecule has 1 aliphatic carbocycles. The number of hydrogen-bond acceptors (Lipinski definition) is 3. The van der Waals surface area contributed by atoms with E-state index >= 15 is 0 Å². The van der Waals surface area contributed by atoms with Crippen molar-refractivity contribution in [2.24, 2.45) is 16.6 Å². The summed E-state index contributed by atoms with van der Waals surface area (Å²) in [6.45, 7) is 9.23. The summed E-state index contributed by atoms with van der Waals surface area (Å²) in [4.78, 5) is 21.1. The third kappa shape index (κ3) is 6.34. The van der Waals surface area contributed by atoms with Gasteiger partial charge in [-0.2, -0.15) is 0 Å². The number of carbonyl (C=O) groups excluding carboxylic acids is 1. The van der Waals surface area contributed by atoms with Gasteiger partial charge >= 0.3 is 0 Å². The van der Waals surface area contributed by atoms with E-state index in [4.69, 9.17) is 5.73 Å². The summed E-state index contributed by atoms with van der Waals surface area (Å²) in [5.41, 5.74) is 9.39. The summed E-state index contributed by atoms with van der Waals surface area (Å²) in [6, 6.07) is 6.26. The molecule has 1 saturated carbocycles. The zero-order valence-corrected chi connectivity index (χ0v) is 18.7. The molecular weight excluding hydrogens is 453 g/mol. The van der Waals surface area contributed by atoms with E-state index < -0.39 is 0 Å². The van der Waals surface area contributed by atoms with E-state index in [1.54, 1.807) is 0 Å². The van der Waals surface area contributed by atoms with Gasteiger partial charge in [-0.15, -0.1) is 24.0 Å². The first-order valence-electron chi connectivity index (χ1n) is 9.67. The fourth-order valence-electron chi connectivity index (χ4n) is 3.65. The lowest BCUT2D eigenvalue weighted by Gasteiger charge is -2.38. The predicted octanol–water partition coefficient (Wildman–Crippen LogP) is 2.59. The van der Waals surface area contributed by atoms with Crippen LogP contribution in [0.25, 0.3) is 0 Å². The van der Waals surface area contributed by atoms with Crippen molar-refractivity contribution in [3.8, 4) is 0 Å². The number of nitrogens with two attached hydrogens (primary N) is 1. The molecule has 3 rings (SSSR count). The van der Waals surface area contributed by atoms with Gasteiger partial charge in [-0.1, -0.05) is 12.5 Å². The Labute approximate surface area is 179 Å². The molecule has 27 heavy (non-hydrogen) atoms. The van der Waals surface area contributed by atoms with Gasteiger partial charge in [-0.25, -0.2) is 0 Å². The molecular formula is C20H32IN5O. The SMILES string of the molecule is Cc1cc(C)cc(NC(N)=NCCN2CCN(C(=O)C3CCC3)CC2)c1.I. The minimum Gasteiger partial charge on any atom is -0.370 e. The van der Waals surface area contributed by atoms with Crippen LogP contribution in [0, 0.1) is 19.8 Å². The number of nitrogens with one attached hydrogen (secondary N) is 1. The maximum Gasteiger partial charge on any atom is 0.225 e. The van der Waals surface area contributed by atoms with Crippen LogP contribution in [0.5, 0.6) is 0 Å². The van der Waals surface area contributed by atoms with Gasteiger partial charge in [0.15, 0.2) is 5.96 Å². The van der Waals surface area contributed by atoms with Crippen molar-refractivity contribution in [3.63, 3.8) is 0 Å². The lowest BCUT2D eigenvalue weighted by Crippen LogP contribution is -2.51. The highest BCUT2D eigenvalue weighted by Gasteiger charge is 2.30. The lowest BCUT2D eigenvalue weighted by molar-refractivity contribution is -0.139. The first-order valence-corrected chi connectivity index (χ1v) is 9.67. The van der Waals surface area contributed by atoms with Crippen LogP contribution in [-0.4, -0.2) is 60.9 Å². The van der Waals surface area contributed by atoms with Crippen LogP contribution in [-0.2, 0) is 4.79 Å². The van der Waals surface area contributed by atoms with E-state index in [1.165, 1.54) is 17.5 Å². The molecule has 7 heteroatoms. The molecule has 0 bridgehead atoms. The molecule has 1 heterocycles. The van der Waals surface area contributed by atoms with Gasteiger partial charge in [0.05, 0.1) is 6.54 Å². The summed E-state index contributed by atoms with van der Waals surface area (Å²) >= 11 is 0. The molecule has 2 fully saturated rings. The Kier molecular flexibility index (Phi) is 8.34. The molecule has 0 radical (unpaired) electrons. The number of halogens is 1. The maximum atomic E-state index is 12.3. The molecule has 0 spiro atoms. The summed E-state index contributed by atoms with van der Waals surface area (Å²) in [5.74, 6) is 1.13. The zero-order valence-electron chi connectivity index (χ0n) is 16.4. The lowest BCUT2D eigenvalue weighted by atomic mass is 9.84. The molecule has 3 N–H and O–H groups in total. The van der Waals surface area contributed by atoms with Crippen LogP contribution >= 0.6 is 24.0 Å². The van der Waals surface area contributed by atoms with E-state index in [-0.39, 0.29) is 24.0 Å². The molecule has 0 unspecified atom stereocenters. The van der Waals surface area contributed by atoms with Crippen LogP contribution in [0.4, 0.5) is 5.69 Å². The Balaban J connectivity index is 0.00000261. The normalized spacial score (nSPS) is 18.6. The van der Waals surface area contributed by atoms with Crippen molar-refractivity contribution >= 4 is 41.5 Å². The Morgan fingerprint density at radius 1 is 1.15 bits per heavy atom. The van der Waals surface area contributed by atoms with Crippen molar-refractivity contribution < 1.29 is 4.79 Å². The van der Waals surface area contributed by atoms with Crippen LogP contribution in [0.1, 0.15) is 30.4 Å². The minimum absolute atomic E-state index is 0. The smallest absolute Gasteiger partial charge is 0.225 e. The number of nitrogens with zero attached hydrogens (tertiary/aromatic N) is 3. The van der Waals surface area contributed by atoms with Gasteiger partial charge in [0.25, 0.3) is 0 Å². The monoisotopic (exact) mass is 485 g/mol. The van der Waals surface area contributed by atoms with Crippen LogP contribution in [0.2, 0.25) is 0 Å². The average Bonchev–Trinajstić information content (AvgIpc) is 2.52. The van der Waals surface area contributed by atoms with Gasteiger partial charge in [-0.05, 0) is 49.9 Å². The number of carbonyl (C=O) groups is 1. The first-order chi connectivity index (χ1) is 12.5. The van der Waals surface area contributed by atoms with Gasteiger partial charge in [-0.3, -0.25) is 14.7 Å². The third-order valence-corrected chi connectivity index (χ3v) is 5.33. The second kappa shape index (κ2) is 10.3. The van der Waals surface area contributed by atoms with E-state index in [0.717, 1.165) is 51.3 Å². The number of rotatable bonds is 5. The number of aliphatic imine (C=N–C) groups is 1. The molecule has 150 valence electrons. The van der Waals surface area contributed by atoms with E-state index in [0.29, 0.717) is 24.3 Å². The highest BCUT2D eigenvalue weighted by molar-refractivity contribution is 14.0. The fraction of sp³-hybridized carbons (Fsp3) is 0.600. The van der Waals surface area contributed by atoms with E-state index in [9.17, 15) is 4.79 Å². The molecule has 1 saturated heterocycles. The molecule has 0 atom stereocenters. The molecule has 1 aliphatic heterocycles. The quantitative estimate of drug-likeness (QED) is 0.382. The van der Waals surface area contributed by atoms with Crippen molar-refractivity contribution in [1.29, 1.82) is 0 Å². The minimum atomic E-state index is 0. The second-order valence-corrected chi connectivity index (χ2v) is 7.56. The molecule has 6 nitrogen and oxygen atoms in total. The number of guanidine groups is 1. The van der Waals surface area contributed by atoms with Gasteiger partial charge in [0, 0.05) is 44.3 Å². The van der Waals surface area contributed by atoms with Crippen molar-refractivity contribution in [3.05, 3.63) is 29.3 Å². The van der Waals surface area contributed by atoms with Crippen LogP contribution in [0.15, 0.2) is 23.2 Å². The number of hydrogen-bond donors (Lipinski definition) is 2. The second-order valence-electron chi connectivity index (χ2n) is 7.56. The molecule has 2 aliphatic rings.